The van der Waals surface area contributed by atoms with Gasteiger partial charge >= 0.3 is 6.09 Å². The largest absolute Gasteiger partial charge is 0.490 e. The number of nitrogens with one attached hydrogen (secondary N) is 1. The van der Waals surface area contributed by atoms with Crippen LogP contribution in [-0.2, 0) is 11.8 Å². The number of fused-ring (bicyclic) bond motifs is 1. The van der Waals surface area contributed by atoms with Crippen molar-refractivity contribution in [3.8, 4) is 5.75 Å². The monoisotopic (exact) mass is 423 g/mol. The van der Waals surface area contributed by atoms with Crippen LogP contribution in [0.25, 0.3) is 11.0 Å². The topological polar surface area (TPSA) is 65.4 Å². The summed E-state index contributed by atoms with van der Waals surface area (Å²) in [5.41, 5.74) is 1.50. The van der Waals surface area contributed by atoms with E-state index in [0.717, 1.165) is 46.9 Å². The molecule has 3 rings (SSSR count). The summed E-state index contributed by atoms with van der Waals surface area (Å²) in [6.45, 7) is 5.61. The van der Waals surface area contributed by atoms with Crippen LogP contribution in [0.15, 0.2) is 22.9 Å². The number of alkyl carbamates (subject to hydrolysis) is 1. The third kappa shape index (κ3) is 4.69. The highest BCUT2D eigenvalue weighted by molar-refractivity contribution is 9.10. The number of hydrogen-bond donors (Lipinski definition) is 1. The van der Waals surface area contributed by atoms with Gasteiger partial charge in [-0.3, -0.25) is 0 Å². The summed E-state index contributed by atoms with van der Waals surface area (Å²) in [6.07, 6.45) is 5.20. The van der Waals surface area contributed by atoms with E-state index >= 15 is 0 Å². The molecule has 142 valence electrons. The van der Waals surface area contributed by atoms with Gasteiger partial charge in [0.1, 0.15) is 16.9 Å². The Balaban J connectivity index is 1.54. The second-order valence-electron chi connectivity index (χ2n) is 7.87. The molecule has 2 aromatic rings. The molecule has 1 N–H and O–H groups in total. The smallest absolute Gasteiger partial charge is 0.407 e. The van der Waals surface area contributed by atoms with E-state index in [1.807, 2.05) is 44.5 Å². The van der Waals surface area contributed by atoms with Gasteiger partial charge in [0.25, 0.3) is 0 Å². The van der Waals surface area contributed by atoms with E-state index in [2.05, 4.69) is 26.2 Å². The maximum absolute atomic E-state index is 11.9. The van der Waals surface area contributed by atoms with Gasteiger partial charge in [0.05, 0.1) is 17.9 Å². The van der Waals surface area contributed by atoms with Crippen LogP contribution >= 0.6 is 15.9 Å². The maximum atomic E-state index is 11.9. The first-order valence-electron chi connectivity index (χ1n) is 8.98. The average Bonchev–Trinajstić information content (AvgIpc) is 2.89. The molecule has 6 nitrogen and oxygen atoms in total. The predicted molar refractivity (Wildman–Crippen MR) is 104 cm³/mol. The highest BCUT2D eigenvalue weighted by Crippen LogP contribution is 2.31. The van der Waals surface area contributed by atoms with Crippen LogP contribution < -0.4 is 10.1 Å². The molecule has 1 saturated carbocycles. The quantitative estimate of drug-likeness (QED) is 0.785. The van der Waals surface area contributed by atoms with Gasteiger partial charge in [-0.25, -0.2) is 9.78 Å². The molecule has 0 saturated heterocycles. The molecule has 7 heteroatoms. The summed E-state index contributed by atoms with van der Waals surface area (Å²) >= 11 is 3.57. The zero-order valence-corrected chi connectivity index (χ0v) is 17.3. The van der Waals surface area contributed by atoms with E-state index in [0.29, 0.717) is 0 Å². The molecule has 0 atom stereocenters. The van der Waals surface area contributed by atoms with E-state index in [1.54, 1.807) is 6.33 Å². The molecule has 1 heterocycles. The molecular weight excluding hydrogens is 398 g/mol. The van der Waals surface area contributed by atoms with E-state index in [9.17, 15) is 4.79 Å². The Morgan fingerprint density at radius 2 is 1.96 bits per heavy atom. The number of imidazole rings is 1. The Kier molecular flexibility index (Phi) is 5.46. The van der Waals surface area contributed by atoms with Crippen molar-refractivity contribution in [1.29, 1.82) is 0 Å². The Labute approximate surface area is 162 Å². The Hall–Kier alpha value is -1.76. The van der Waals surface area contributed by atoms with Crippen LogP contribution in [0, 0.1) is 0 Å². The molecule has 1 aromatic heterocycles. The zero-order chi connectivity index (χ0) is 18.9. The lowest BCUT2D eigenvalue weighted by molar-refractivity contribution is 0.0471. The van der Waals surface area contributed by atoms with Crippen molar-refractivity contribution in [2.75, 3.05) is 0 Å². The summed E-state index contributed by atoms with van der Waals surface area (Å²) in [7, 11) is 1.97. The lowest BCUT2D eigenvalue weighted by atomic mass is 9.93. The van der Waals surface area contributed by atoms with Gasteiger partial charge in [-0.15, -0.1) is 0 Å². The van der Waals surface area contributed by atoms with Gasteiger partial charge in [0.15, 0.2) is 0 Å². The number of aryl methyl sites for hydroxylation is 1. The normalized spacial score (nSPS) is 20.8. The molecule has 26 heavy (non-hydrogen) atoms. The first-order chi connectivity index (χ1) is 12.2. The highest BCUT2D eigenvalue weighted by atomic mass is 79.9. The number of carbonyl (C=O) groups is 1. The van der Waals surface area contributed by atoms with Crippen LogP contribution in [0.4, 0.5) is 4.79 Å². The number of hydrogen-bond acceptors (Lipinski definition) is 4. The van der Waals surface area contributed by atoms with E-state index in [-0.39, 0.29) is 18.2 Å². The van der Waals surface area contributed by atoms with Crippen molar-refractivity contribution in [3.05, 3.63) is 22.9 Å². The Morgan fingerprint density at radius 1 is 1.27 bits per heavy atom. The number of aromatic nitrogens is 2. The van der Waals surface area contributed by atoms with Gasteiger partial charge in [-0.2, -0.15) is 0 Å². The second kappa shape index (κ2) is 7.47. The van der Waals surface area contributed by atoms with Crippen molar-refractivity contribution in [3.63, 3.8) is 0 Å². The van der Waals surface area contributed by atoms with Crippen molar-refractivity contribution >= 4 is 33.1 Å². The fourth-order valence-corrected chi connectivity index (χ4v) is 3.75. The van der Waals surface area contributed by atoms with Crippen molar-refractivity contribution in [1.82, 2.24) is 14.9 Å². The highest BCUT2D eigenvalue weighted by Gasteiger charge is 2.26. The molecule has 0 bridgehead atoms. The van der Waals surface area contributed by atoms with Crippen molar-refractivity contribution < 1.29 is 14.3 Å². The zero-order valence-electron chi connectivity index (χ0n) is 15.7. The minimum Gasteiger partial charge on any atom is -0.490 e. The third-order valence-electron chi connectivity index (χ3n) is 4.45. The van der Waals surface area contributed by atoms with Gasteiger partial charge in [-0.05, 0) is 68.5 Å². The molecule has 0 aliphatic heterocycles. The lowest BCUT2D eigenvalue weighted by Crippen LogP contribution is -2.42. The molecule has 0 radical (unpaired) electrons. The van der Waals surface area contributed by atoms with Crippen LogP contribution in [0.2, 0.25) is 0 Å². The number of halogens is 1. The summed E-state index contributed by atoms with van der Waals surface area (Å²) in [6, 6.07) is 4.15. The van der Waals surface area contributed by atoms with Crippen LogP contribution in [0.5, 0.6) is 5.75 Å². The summed E-state index contributed by atoms with van der Waals surface area (Å²) < 4.78 is 14.4. The molecule has 1 aliphatic carbocycles. The predicted octanol–water partition coefficient (Wildman–Crippen LogP) is 4.55. The molecule has 1 amide bonds. The number of nitrogens with zero attached hydrogens (tertiary/aromatic N) is 2. The number of carbonyl (C=O) groups excluding carboxylic acids is 1. The molecule has 1 fully saturated rings. The van der Waals surface area contributed by atoms with Crippen molar-refractivity contribution in [2.45, 2.75) is 64.2 Å². The van der Waals surface area contributed by atoms with Gasteiger partial charge in [0, 0.05) is 23.6 Å². The first kappa shape index (κ1) is 19.0. The van der Waals surface area contributed by atoms with E-state index in [1.165, 1.54) is 0 Å². The summed E-state index contributed by atoms with van der Waals surface area (Å²) in [4.78, 5) is 16.3. The lowest BCUT2D eigenvalue weighted by Gasteiger charge is -2.30. The number of amides is 1. The van der Waals surface area contributed by atoms with Gasteiger partial charge < -0.3 is 19.4 Å². The average molecular weight is 424 g/mol. The first-order valence-corrected chi connectivity index (χ1v) is 9.77. The summed E-state index contributed by atoms with van der Waals surface area (Å²) in [5, 5.41) is 2.96. The van der Waals surface area contributed by atoms with E-state index < -0.39 is 5.60 Å². The molecule has 1 aromatic carbocycles. The number of rotatable bonds is 3. The molecular formula is C19H26BrN3O3. The minimum atomic E-state index is -0.470. The molecule has 0 spiro atoms. The molecule has 0 unspecified atom stereocenters. The Morgan fingerprint density at radius 3 is 2.62 bits per heavy atom. The molecule has 1 aliphatic rings. The SMILES string of the molecule is Cn1cnc2c(Br)cc(OC3CCC(NC(=O)OC(C)(C)C)CC3)cc21. The standard InChI is InChI=1S/C19H26BrN3O3/c1-19(2,3)26-18(24)22-12-5-7-13(8-6-12)25-14-9-15(20)17-16(10-14)23(4)11-21-17/h9-13H,5-8H2,1-4H3,(H,22,24). The van der Waals surface area contributed by atoms with Crippen molar-refractivity contribution in [2.24, 2.45) is 7.05 Å². The Bertz CT molecular complexity index is 789. The third-order valence-corrected chi connectivity index (χ3v) is 5.06. The van der Waals surface area contributed by atoms with Crippen LogP contribution in [0.3, 0.4) is 0 Å². The van der Waals surface area contributed by atoms with Crippen LogP contribution in [-0.4, -0.2) is 33.4 Å². The minimum absolute atomic E-state index is 0.149. The summed E-state index contributed by atoms with van der Waals surface area (Å²) in [5.74, 6) is 0.844. The number of ether oxygens (including phenoxy) is 2. The maximum Gasteiger partial charge on any atom is 0.407 e. The van der Waals surface area contributed by atoms with Gasteiger partial charge in [0.2, 0.25) is 0 Å². The number of benzene rings is 1. The van der Waals surface area contributed by atoms with Gasteiger partial charge in [-0.1, -0.05) is 0 Å². The second-order valence-corrected chi connectivity index (χ2v) is 8.72. The fourth-order valence-electron chi connectivity index (χ4n) is 3.22. The van der Waals surface area contributed by atoms with Crippen LogP contribution in [0.1, 0.15) is 46.5 Å². The fraction of sp³-hybridized carbons (Fsp3) is 0.579. The van der Waals surface area contributed by atoms with E-state index in [4.69, 9.17) is 9.47 Å².